The number of alkyl halides is 2. The number of halogens is 2. The van der Waals surface area contributed by atoms with E-state index in [9.17, 15) is 13.6 Å². The summed E-state index contributed by atoms with van der Waals surface area (Å²) in [7, 11) is 0. The molecule has 0 spiro atoms. The lowest BCUT2D eigenvalue weighted by Gasteiger charge is -2.16. The first-order valence-corrected chi connectivity index (χ1v) is 4.50. The lowest BCUT2D eigenvalue weighted by atomic mass is 10.1. The van der Waals surface area contributed by atoms with E-state index in [0.29, 0.717) is 6.42 Å². The van der Waals surface area contributed by atoms with Gasteiger partial charge in [0.1, 0.15) is 12.7 Å². The summed E-state index contributed by atoms with van der Waals surface area (Å²) in [5.41, 5.74) is 0. The van der Waals surface area contributed by atoms with E-state index < -0.39 is 24.4 Å². The first-order valence-electron chi connectivity index (χ1n) is 4.50. The van der Waals surface area contributed by atoms with Gasteiger partial charge in [0.15, 0.2) is 0 Å². The van der Waals surface area contributed by atoms with Gasteiger partial charge in [-0.2, -0.15) is 8.78 Å². The van der Waals surface area contributed by atoms with Crippen LogP contribution >= 0.6 is 0 Å². The topological polar surface area (TPSA) is 44.8 Å². The standard InChI is InChI=1S/C9H12F2O4/c1-2-4-13-8(12)9(10,11)6-7-3-5-14-15-7/h2,7H,1,3-6H2. The van der Waals surface area contributed by atoms with E-state index in [1.807, 2.05) is 0 Å². The predicted octanol–water partition coefficient (Wildman–Crippen LogP) is 1.46. The van der Waals surface area contributed by atoms with Gasteiger partial charge in [-0.1, -0.05) is 12.7 Å². The van der Waals surface area contributed by atoms with E-state index >= 15 is 0 Å². The Morgan fingerprint density at radius 1 is 1.67 bits per heavy atom. The number of esters is 1. The van der Waals surface area contributed by atoms with Crippen LogP contribution in [0.2, 0.25) is 0 Å². The maximum atomic E-state index is 13.1. The Kier molecular flexibility index (Phi) is 4.16. The molecule has 1 aliphatic heterocycles. The lowest BCUT2D eigenvalue weighted by molar-refractivity contribution is -0.282. The largest absolute Gasteiger partial charge is 0.457 e. The maximum absolute atomic E-state index is 13.1. The highest BCUT2D eigenvalue weighted by Gasteiger charge is 2.44. The van der Waals surface area contributed by atoms with Crippen molar-refractivity contribution < 1.29 is 28.1 Å². The molecule has 0 amide bonds. The molecular formula is C9H12F2O4. The van der Waals surface area contributed by atoms with Crippen molar-refractivity contribution in [2.75, 3.05) is 13.2 Å². The van der Waals surface area contributed by atoms with E-state index in [4.69, 9.17) is 0 Å². The molecule has 1 aliphatic rings. The van der Waals surface area contributed by atoms with E-state index in [1.54, 1.807) is 0 Å². The highest BCUT2D eigenvalue weighted by Crippen LogP contribution is 2.27. The third kappa shape index (κ3) is 3.56. The summed E-state index contributed by atoms with van der Waals surface area (Å²) in [4.78, 5) is 19.9. The molecule has 0 aliphatic carbocycles. The average molecular weight is 222 g/mol. The Balaban J connectivity index is 2.41. The fourth-order valence-electron chi connectivity index (χ4n) is 1.12. The Bertz CT molecular complexity index is 236. The van der Waals surface area contributed by atoms with Gasteiger partial charge < -0.3 is 4.74 Å². The highest BCUT2D eigenvalue weighted by atomic mass is 19.3. The monoisotopic (exact) mass is 222 g/mol. The van der Waals surface area contributed by atoms with Gasteiger partial charge in [0, 0.05) is 6.42 Å². The zero-order valence-electron chi connectivity index (χ0n) is 8.08. The van der Waals surface area contributed by atoms with Crippen molar-refractivity contribution in [3.63, 3.8) is 0 Å². The molecule has 1 rings (SSSR count). The van der Waals surface area contributed by atoms with Gasteiger partial charge in [0.2, 0.25) is 0 Å². The minimum Gasteiger partial charge on any atom is -0.457 e. The first-order chi connectivity index (χ1) is 7.06. The summed E-state index contributed by atoms with van der Waals surface area (Å²) < 4.78 is 30.6. The third-order valence-corrected chi connectivity index (χ3v) is 1.84. The van der Waals surface area contributed by atoms with Crippen LogP contribution in [0.25, 0.3) is 0 Å². The molecule has 0 N–H and O–H groups in total. The van der Waals surface area contributed by atoms with E-state index in [2.05, 4.69) is 21.1 Å². The molecule has 0 bridgehead atoms. The molecular weight excluding hydrogens is 210 g/mol. The average Bonchev–Trinajstić information content (AvgIpc) is 2.65. The second-order valence-corrected chi connectivity index (χ2v) is 3.12. The molecule has 0 aromatic heterocycles. The molecule has 15 heavy (non-hydrogen) atoms. The maximum Gasteiger partial charge on any atom is 0.377 e. The van der Waals surface area contributed by atoms with Crippen LogP contribution in [-0.4, -0.2) is 31.2 Å². The van der Waals surface area contributed by atoms with Crippen LogP contribution in [0.4, 0.5) is 8.78 Å². The lowest BCUT2D eigenvalue weighted by Crippen LogP contribution is -2.34. The summed E-state index contributed by atoms with van der Waals surface area (Å²) in [5.74, 6) is -5.10. The van der Waals surface area contributed by atoms with Crippen molar-refractivity contribution in [3.05, 3.63) is 12.7 Å². The first kappa shape index (κ1) is 12.1. The molecule has 0 aromatic rings. The van der Waals surface area contributed by atoms with Crippen LogP contribution in [-0.2, 0) is 19.3 Å². The molecule has 4 nitrogen and oxygen atoms in total. The van der Waals surface area contributed by atoms with E-state index in [1.165, 1.54) is 6.08 Å². The van der Waals surface area contributed by atoms with Gasteiger partial charge in [-0.25, -0.2) is 14.6 Å². The Labute approximate surface area is 85.7 Å². The zero-order chi connectivity index (χ0) is 11.3. The van der Waals surface area contributed by atoms with Crippen LogP contribution in [0.15, 0.2) is 12.7 Å². The number of carbonyl (C=O) groups excluding carboxylic acids is 1. The zero-order valence-corrected chi connectivity index (χ0v) is 8.08. The quantitative estimate of drug-likeness (QED) is 0.401. The van der Waals surface area contributed by atoms with Crippen molar-refractivity contribution in [3.8, 4) is 0 Å². The minimum absolute atomic E-state index is 0.226. The van der Waals surface area contributed by atoms with Gasteiger partial charge in [-0.3, -0.25) is 0 Å². The van der Waals surface area contributed by atoms with Gasteiger partial charge in [0.25, 0.3) is 0 Å². The molecule has 6 heteroatoms. The van der Waals surface area contributed by atoms with E-state index in [0.717, 1.165) is 0 Å². The molecule has 0 saturated carbocycles. The summed E-state index contributed by atoms with van der Waals surface area (Å²) >= 11 is 0. The minimum atomic E-state index is -3.54. The van der Waals surface area contributed by atoms with Crippen molar-refractivity contribution in [1.82, 2.24) is 0 Å². The molecule has 0 radical (unpaired) electrons. The molecule has 1 heterocycles. The molecule has 1 unspecified atom stereocenters. The van der Waals surface area contributed by atoms with Crippen LogP contribution in [0.1, 0.15) is 12.8 Å². The number of hydrogen-bond donors (Lipinski definition) is 0. The van der Waals surface area contributed by atoms with Gasteiger partial charge >= 0.3 is 11.9 Å². The Hall–Kier alpha value is -1.01. The van der Waals surface area contributed by atoms with Crippen molar-refractivity contribution >= 4 is 5.97 Å². The van der Waals surface area contributed by atoms with Crippen LogP contribution in [0, 0.1) is 0 Å². The normalized spacial score (nSPS) is 21.3. The number of ether oxygens (including phenoxy) is 1. The number of rotatable bonds is 5. The summed E-state index contributed by atoms with van der Waals surface area (Å²) in [6, 6.07) is 0. The Morgan fingerprint density at radius 3 is 2.93 bits per heavy atom. The molecule has 1 atom stereocenters. The second kappa shape index (κ2) is 5.18. The molecule has 1 fully saturated rings. The fourth-order valence-corrected chi connectivity index (χ4v) is 1.12. The molecule has 86 valence electrons. The van der Waals surface area contributed by atoms with Crippen LogP contribution in [0.3, 0.4) is 0 Å². The molecule has 1 saturated heterocycles. The van der Waals surface area contributed by atoms with E-state index in [-0.39, 0.29) is 13.2 Å². The van der Waals surface area contributed by atoms with Gasteiger partial charge in [0.05, 0.1) is 13.0 Å². The van der Waals surface area contributed by atoms with Crippen molar-refractivity contribution in [2.45, 2.75) is 24.9 Å². The Morgan fingerprint density at radius 2 is 2.40 bits per heavy atom. The summed E-state index contributed by atoms with van der Waals surface area (Å²) in [6.45, 7) is 3.29. The number of hydrogen-bond acceptors (Lipinski definition) is 4. The molecule has 0 aromatic carbocycles. The van der Waals surface area contributed by atoms with Gasteiger partial charge in [-0.15, -0.1) is 0 Å². The highest BCUT2D eigenvalue weighted by molar-refractivity contribution is 5.77. The smallest absolute Gasteiger partial charge is 0.377 e. The summed E-state index contributed by atoms with van der Waals surface area (Å²) in [5, 5.41) is 0. The SMILES string of the molecule is C=CCOC(=O)C(F)(F)CC1CCOO1. The number of carbonyl (C=O) groups is 1. The predicted molar refractivity (Wildman–Crippen MR) is 46.2 cm³/mol. The van der Waals surface area contributed by atoms with Crippen LogP contribution in [0.5, 0.6) is 0 Å². The van der Waals surface area contributed by atoms with Crippen molar-refractivity contribution in [1.29, 1.82) is 0 Å². The van der Waals surface area contributed by atoms with Crippen molar-refractivity contribution in [2.24, 2.45) is 0 Å². The summed E-state index contributed by atoms with van der Waals surface area (Å²) in [6.07, 6.45) is 0.104. The fraction of sp³-hybridized carbons (Fsp3) is 0.667. The van der Waals surface area contributed by atoms with Crippen LogP contribution < -0.4 is 0 Å². The second-order valence-electron chi connectivity index (χ2n) is 3.12. The third-order valence-electron chi connectivity index (χ3n) is 1.84. The van der Waals surface area contributed by atoms with Gasteiger partial charge in [-0.05, 0) is 0 Å².